The Morgan fingerprint density at radius 3 is 2.46 bits per heavy atom. The summed E-state index contributed by atoms with van der Waals surface area (Å²) < 4.78 is 6.41. The van der Waals surface area contributed by atoms with E-state index in [9.17, 15) is 0 Å². The van der Waals surface area contributed by atoms with Crippen molar-refractivity contribution in [1.82, 2.24) is 4.98 Å². The summed E-state index contributed by atoms with van der Waals surface area (Å²) in [4.78, 5) is 4.59. The van der Waals surface area contributed by atoms with Gasteiger partial charge >= 0.3 is 0 Å². The third-order valence-corrected chi connectivity index (χ3v) is 10.4. The minimum atomic E-state index is -1.82. The fraction of sp³-hybridized carbons (Fsp3) is 0.292. The van der Waals surface area contributed by atoms with Crippen LogP contribution in [0.3, 0.4) is 0 Å². The van der Waals surface area contributed by atoms with Crippen LogP contribution in [0.1, 0.15) is 37.9 Å². The highest BCUT2D eigenvalue weighted by Gasteiger charge is 2.38. The molecule has 4 heteroatoms. The van der Waals surface area contributed by atoms with Crippen molar-refractivity contribution in [3.05, 3.63) is 71.9 Å². The molecule has 0 amide bonds. The van der Waals surface area contributed by atoms with Gasteiger partial charge < -0.3 is 9.74 Å². The first-order valence-electron chi connectivity index (χ1n) is 9.86. The van der Waals surface area contributed by atoms with Gasteiger partial charge in [-0.25, -0.2) is 0 Å². The number of anilines is 1. The topological polar surface area (TPSA) is 34.1 Å². The lowest BCUT2D eigenvalue weighted by Crippen LogP contribution is -2.43. The largest absolute Gasteiger partial charge is 0.544 e. The minimum Gasteiger partial charge on any atom is -0.544 e. The third kappa shape index (κ3) is 3.44. The molecule has 1 atom stereocenters. The molecule has 1 aliphatic rings. The summed E-state index contributed by atoms with van der Waals surface area (Å²) in [5, 5.41) is 5.01. The van der Waals surface area contributed by atoms with E-state index >= 15 is 0 Å². The van der Waals surface area contributed by atoms with Gasteiger partial charge in [0.2, 0.25) is 8.32 Å². The number of aromatic nitrogens is 1. The van der Waals surface area contributed by atoms with Gasteiger partial charge in [0.1, 0.15) is 5.75 Å². The summed E-state index contributed by atoms with van der Waals surface area (Å²) in [6.45, 7) is 11.4. The van der Waals surface area contributed by atoms with Crippen molar-refractivity contribution in [2.45, 2.75) is 44.9 Å². The highest BCUT2D eigenvalue weighted by Crippen LogP contribution is 2.38. The van der Waals surface area contributed by atoms with Crippen LogP contribution in [0.25, 0.3) is 17.0 Å². The zero-order valence-corrected chi connectivity index (χ0v) is 18.3. The predicted octanol–water partition coefficient (Wildman–Crippen LogP) is 6.80. The fourth-order valence-electron chi connectivity index (χ4n) is 3.24. The van der Waals surface area contributed by atoms with Gasteiger partial charge in [-0.3, -0.25) is 4.98 Å². The van der Waals surface area contributed by atoms with Gasteiger partial charge in [0.15, 0.2) is 0 Å². The highest BCUT2D eigenvalue weighted by molar-refractivity contribution is 6.74. The fourth-order valence-corrected chi connectivity index (χ4v) is 4.27. The Morgan fingerprint density at radius 1 is 1.00 bits per heavy atom. The number of nitrogens with one attached hydrogen (secondary N) is 1. The molecule has 0 fully saturated rings. The van der Waals surface area contributed by atoms with Crippen LogP contribution < -0.4 is 9.74 Å². The van der Waals surface area contributed by atoms with E-state index in [1.807, 2.05) is 12.3 Å². The maximum atomic E-state index is 6.41. The number of benzene rings is 2. The third-order valence-electron chi connectivity index (χ3n) is 5.99. The van der Waals surface area contributed by atoms with Crippen molar-refractivity contribution in [2.24, 2.45) is 0 Å². The smallest absolute Gasteiger partial charge is 0.250 e. The molecule has 3 aromatic rings. The van der Waals surface area contributed by atoms with E-state index in [0.29, 0.717) is 0 Å². The summed E-state index contributed by atoms with van der Waals surface area (Å²) >= 11 is 0. The second kappa shape index (κ2) is 6.78. The molecule has 3 nitrogen and oxygen atoms in total. The lowest BCUT2D eigenvalue weighted by Gasteiger charge is -2.36. The monoisotopic (exact) mass is 388 g/mol. The van der Waals surface area contributed by atoms with Gasteiger partial charge in [-0.2, -0.15) is 0 Å². The van der Waals surface area contributed by atoms with E-state index in [-0.39, 0.29) is 11.1 Å². The van der Waals surface area contributed by atoms with Crippen molar-refractivity contribution in [1.29, 1.82) is 0 Å². The minimum absolute atomic E-state index is 0.127. The van der Waals surface area contributed by atoms with Gasteiger partial charge in [0.05, 0.1) is 17.2 Å². The SMILES string of the molecule is CC(C)(C)[Si](C)(C)Oc1ccc(C2C=Cc3ccc4cccnc4c3N2)cc1. The molecule has 4 rings (SSSR count). The molecule has 2 aromatic carbocycles. The molecule has 0 bridgehead atoms. The van der Waals surface area contributed by atoms with Crippen LogP contribution in [-0.4, -0.2) is 13.3 Å². The van der Waals surface area contributed by atoms with Gasteiger partial charge in [0.25, 0.3) is 0 Å². The quantitative estimate of drug-likeness (QED) is 0.501. The van der Waals surface area contributed by atoms with E-state index in [1.54, 1.807) is 0 Å². The Kier molecular flexibility index (Phi) is 4.54. The molecular weight excluding hydrogens is 360 g/mol. The van der Waals surface area contributed by atoms with Crippen LogP contribution >= 0.6 is 0 Å². The molecule has 28 heavy (non-hydrogen) atoms. The second-order valence-electron chi connectivity index (χ2n) is 9.02. The number of rotatable bonds is 3. The second-order valence-corrected chi connectivity index (χ2v) is 13.7. The van der Waals surface area contributed by atoms with E-state index in [1.165, 1.54) is 11.1 Å². The number of nitrogens with zero attached hydrogens (tertiary/aromatic N) is 1. The number of hydrogen-bond acceptors (Lipinski definition) is 3. The summed E-state index contributed by atoms with van der Waals surface area (Å²) in [5.74, 6) is 0.961. The molecule has 0 aliphatic carbocycles. The summed E-state index contributed by atoms with van der Waals surface area (Å²) in [6, 6.07) is 17.0. The van der Waals surface area contributed by atoms with Crippen LogP contribution in [0, 0.1) is 0 Å². The Balaban J connectivity index is 1.58. The Labute approximate surface area is 168 Å². The zero-order valence-electron chi connectivity index (χ0n) is 17.3. The van der Waals surface area contributed by atoms with E-state index in [2.05, 4.69) is 98.8 Å². The zero-order chi connectivity index (χ0) is 19.9. The molecule has 144 valence electrons. The standard InChI is InChI=1S/C24H28N2OSi/c1-24(2,3)28(4,5)27-20-13-10-17(11-14-20)21-15-12-19-9-8-18-7-6-16-25-22(18)23(19)26-21/h6-16,21,26H,1-5H3. The van der Waals surface area contributed by atoms with Crippen LogP contribution in [0.5, 0.6) is 5.75 Å². The van der Waals surface area contributed by atoms with Crippen LogP contribution in [-0.2, 0) is 0 Å². The first-order valence-corrected chi connectivity index (χ1v) is 12.8. The molecule has 0 radical (unpaired) electrons. The Hall–Kier alpha value is -2.59. The highest BCUT2D eigenvalue weighted by atomic mass is 28.4. The number of pyridine rings is 1. The molecule has 0 spiro atoms. The number of hydrogen-bond donors (Lipinski definition) is 1. The van der Waals surface area contributed by atoms with Gasteiger partial charge in [-0.1, -0.05) is 63.3 Å². The maximum Gasteiger partial charge on any atom is 0.250 e. The average Bonchev–Trinajstić information content (AvgIpc) is 2.67. The van der Waals surface area contributed by atoms with Crippen molar-refractivity contribution < 1.29 is 4.43 Å². The molecule has 0 saturated carbocycles. The van der Waals surface area contributed by atoms with E-state index in [0.717, 1.165) is 22.3 Å². The molecule has 1 unspecified atom stereocenters. The Bertz CT molecular complexity index is 1030. The first kappa shape index (κ1) is 18.8. The molecule has 0 saturated heterocycles. The number of fused-ring (bicyclic) bond motifs is 3. The summed E-state index contributed by atoms with van der Waals surface area (Å²) in [6.07, 6.45) is 6.25. The lowest BCUT2D eigenvalue weighted by atomic mass is 9.98. The van der Waals surface area contributed by atoms with Gasteiger partial charge in [0, 0.05) is 11.6 Å². The summed E-state index contributed by atoms with van der Waals surface area (Å²) in [5.41, 5.74) is 4.53. The van der Waals surface area contributed by atoms with Crippen molar-refractivity contribution in [2.75, 3.05) is 5.32 Å². The van der Waals surface area contributed by atoms with E-state index in [4.69, 9.17) is 4.43 Å². The van der Waals surface area contributed by atoms with Crippen LogP contribution in [0.15, 0.2) is 60.8 Å². The normalized spacial score (nSPS) is 16.5. The van der Waals surface area contributed by atoms with Crippen LogP contribution in [0.2, 0.25) is 18.1 Å². The molecule has 1 aromatic heterocycles. The predicted molar refractivity (Wildman–Crippen MR) is 121 cm³/mol. The molecule has 1 aliphatic heterocycles. The average molecular weight is 389 g/mol. The van der Waals surface area contributed by atoms with Crippen LogP contribution in [0.4, 0.5) is 5.69 Å². The first-order chi connectivity index (χ1) is 13.2. The van der Waals surface area contributed by atoms with E-state index < -0.39 is 8.32 Å². The maximum absolute atomic E-state index is 6.41. The molecule has 1 N–H and O–H groups in total. The molecular formula is C24H28N2OSi. The molecule has 2 heterocycles. The van der Waals surface area contributed by atoms with Crippen molar-refractivity contribution in [3.8, 4) is 5.75 Å². The van der Waals surface area contributed by atoms with Gasteiger partial charge in [-0.15, -0.1) is 0 Å². The van der Waals surface area contributed by atoms with Gasteiger partial charge in [-0.05, 0) is 47.5 Å². The summed E-state index contributed by atoms with van der Waals surface area (Å²) in [7, 11) is -1.82. The lowest BCUT2D eigenvalue weighted by molar-refractivity contribution is 0.492. The van der Waals surface area contributed by atoms with Crippen molar-refractivity contribution in [3.63, 3.8) is 0 Å². The van der Waals surface area contributed by atoms with Crippen molar-refractivity contribution >= 4 is 31.0 Å². The Morgan fingerprint density at radius 2 is 1.75 bits per heavy atom.